The van der Waals surface area contributed by atoms with E-state index in [4.69, 9.17) is 4.74 Å². The van der Waals surface area contributed by atoms with Crippen LogP contribution >= 0.6 is 0 Å². The molecule has 2 aliphatic rings. The summed E-state index contributed by atoms with van der Waals surface area (Å²) in [6, 6.07) is 0. The van der Waals surface area contributed by atoms with Crippen LogP contribution in [0.5, 0.6) is 0 Å². The third-order valence-corrected chi connectivity index (χ3v) is 3.34. The van der Waals surface area contributed by atoms with Crippen molar-refractivity contribution in [2.45, 2.75) is 25.9 Å². The number of nitrogens with one attached hydrogen (secondary N) is 1. The highest BCUT2D eigenvalue weighted by atomic mass is 16.5. The number of hydrogen-bond donors (Lipinski definition) is 1. The Labute approximate surface area is 98.2 Å². The molecule has 0 aliphatic carbocycles. The number of methoxy groups -OCH3 is 1. The first kappa shape index (κ1) is 11.7. The lowest BCUT2D eigenvalue weighted by Crippen LogP contribution is -2.50. The SMILES string of the molecule is CC/C=C\C(=C1\CCNC1)N1CC(OC)C1. The van der Waals surface area contributed by atoms with E-state index in [1.807, 2.05) is 0 Å². The van der Waals surface area contributed by atoms with Crippen molar-refractivity contribution in [1.82, 2.24) is 10.2 Å². The monoisotopic (exact) mass is 222 g/mol. The normalized spacial score (nSPS) is 25.2. The van der Waals surface area contributed by atoms with Gasteiger partial charge in [0.05, 0.1) is 6.10 Å². The molecule has 2 fully saturated rings. The molecule has 0 radical (unpaired) electrons. The van der Waals surface area contributed by atoms with Crippen LogP contribution in [-0.2, 0) is 4.74 Å². The van der Waals surface area contributed by atoms with E-state index in [1.165, 1.54) is 12.1 Å². The lowest BCUT2D eigenvalue weighted by molar-refractivity contribution is -0.00998. The summed E-state index contributed by atoms with van der Waals surface area (Å²) in [4.78, 5) is 2.43. The first-order valence-corrected chi connectivity index (χ1v) is 6.22. The number of nitrogens with zero attached hydrogens (tertiary/aromatic N) is 1. The Morgan fingerprint density at radius 2 is 2.38 bits per heavy atom. The summed E-state index contributed by atoms with van der Waals surface area (Å²) in [5.74, 6) is 0. The van der Waals surface area contributed by atoms with Gasteiger partial charge in [0.2, 0.25) is 0 Å². The molecule has 2 heterocycles. The van der Waals surface area contributed by atoms with Crippen molar-refractivity contribution in [3.8, 4) is 0 Å². The molecule has 0 aromatic carbocycles. The van der Waals surface area contributed by atoms with Gasteiger partial charge in [-0.15, -0.1) is 0 Å². The van der Waals surface area contributed by atoms with Gasteiger partial charge in [0.1, 0.15) is 0 Å². The summed E-state index contributed by atoms with van der Waals surface area (Å²) in [5, 5.41) is 3.41. The predicted molar refractivity (Wildman–Crippen MR) is 66.3 cm³/mol. The molecule has 0 aromatic rings. The molecule has 0 spiro atoms. The minimum absolute atomic E-state index is 0.431. The Morgan fingerprint density at radius 3 is 2.94 bits per heavy atom. The zero-order valence-corrected chi connectivity index (χ0v) is 10.3. The molecule has 2 aliphatic heterocycles. The Bertz CT molecular complexity index is 282. The topological polar surface area (TPSA) is 24.5 Å². The maximum absolute atomic E-state index is 5.33. The molecule has 16 heavy (non-hydrogen) atoms. The van der Waals surface area contributed by atoms with Crippen molar-refractivity contribution in [3.63, 3.8) is 0 Å². The molecule has 0 saturated carbocycles. The fraction of sp³-hybridized carbons (Fsp3) is 0.692. The highest BCUT2D eigenvalue weighted by Gasteiger charge is 2.28. The van der Waals surface area contributed by atoms with Gasteiger partial charge in [-0.05, 0) is 31.0 Å². The Morgan fingerprint density at radius 1 is 1.56 bits per heavy atom. The van der Waals surface area contributed by atoms with Gasteiger partial charge in [0, 0.05) is 32.4 Å². The van der Waals surface area contributed by atoms with E-state index in [1.54, 1.807) is 12.7 Å². The number of rotatable bonds is 4. The fourth-order valence-corrected chi connectivity index (χ4v) is 2.25. The number of ether oxygens (including phenoxy) is 1. The van der Waals surface area contributed by atoms with Crippen molar-refractivity contribution >= 4 is 0 Å². The third kappa shape index (κ3) is 2.47. The van der Waals surface area contributed by atoms with Crippen molar-refractivity contribution in [2.24, 2.45) is 0 Å². The standard InChI is InChI=1S/C13H22N2O/c1-3-4-5-13(11-6-7-14-8-11)15-9-12(10-15)16-2/h4-5,12,14H,3,6-10H2,1-2H3/b5-4-,13-11+. The molecule has 0 bridgehead atoms. The van der Waals surface area contributed by atoms with Gasteiger partial charge in [-0.2, -0.15) is 0 Å². The van der Waals surface area contributed by atoms with Gasteiger partial charge in [0.15, 0.2) is 0 Å². The second-order valence-corrected chi connectivity index (χ2v) is 4.49. The summed E-state index contributed by atoms with van der Waals surface area (Å²) in [5.41, 5.74) is 2.99. The second-order valence-electron chi connectivity index (χ2n) is 4.49. The zero-order chi connectivity index (χ0) is 11.4. The molecule has 0 unspecified atom stereocenters. The summed E-state index contributed by atoms with van der Waals surface area (Å²) in [6.07, 6.45) is 7.26. The van der Waals surface area contributed by atoms with Gasteiger partial charge in [-0.3, -0.25) is 0 Å². The van der Waals surface area contributed by atoms with Gasteiger partial charge in [-0.1, -0.05) is 13.0 Å². The van der Waals surface area contributed by atoms with Crippen LogP contribution in [-0.4, -0.2) is 44.3 Å². The van der Waals surface area contributed by atoms with Crippen LogP contribution in [0.15, 0.2) is 23.4 Å². The molecule has 3 nitrogen and oxygen atoms in total. The molecule has 0 amide bonds. The smallest absolute Gasteiger partial charge is 0.0920 e. The average molecular weight is 222 g/mol. The van der Waals surface area contributed by atoms with Crippen molar-refractivity contribution in [3.05, 3.63) is 23.4 Å². The fourth-order valence-electron chi connectivity index (χ4n) is 2.25. The van der Waals surface area contributed by atoms with E-state index in [9.17, 15) is 0 Å². The Kier molecular flexibility index (Phi) is 4.02. The van der Waals surface area contributed by atoms with Crippen molar-refractivity contribution in [1.29, 1.82) is 0 Å². The molecule has 2 rings (SSSR count). The zero-order valence-electron chi connectivity index (χ0n) is 10.3. The largest absolute Gasteiger partial charge is 0.378 e. The van der Waals surface area contributed by atoms with Crippen LogP contribution in [0.4, 0.5) is 0 Å². The Hall–Kier alpha value is -0.800. The number of allylic oxidation sites excluding steroid dienone is 2. The van der Waals surface area contributed by atoms with E-state index in [2.05, 4.69) is 29.3 Å². The van der Waals surface area contributed by atoms with E-state index in [-0.39, 0.29) is 0 Å². The summed E-state index contributed by atoms with van der Waals surface area (Å²) < 4.78 is 5.33. The quantitative estimate of drug-likeness (QED) is 0.780. The van der Waals surface area contributed by atoms with Gasteiger partial charge < -0.3 is 15.0 Å². The molecule has 2 saturated heterocycles. The highest BCUT2D eigenvalue weighted by Crippen LogP contribution is 2.24. The number of likely N-dealkylation sites (tertiary alicyclic amines) is 1. The molecule has 0 aromatic heterocycles. The van der Waals surface area contributed by atoms with E-state index in [0.717, 1.165) is 32.6 Å². The Balaban J connectivity index is 2.04. The average Bonchev–Trinajstić information content (AvgIpc) is 2.74. The first-order chi connectivity index (χ1) is 7.85. The molecule has 1 N–H and O–H groups in total. The second kappa shape index (κ2) is 5.51. The summed E-state index contributed by atoms with van der Waals surface area (Å²) >= 11 is 0. The van der Waals surface area contributed by atoms with Crippen LogP contribution in [0.3, 0.4) is 0 Å². The molecule has 0 atom stereocenters. The van der Waals surface area contributed by atoms with Gasteiger partial charge in [-0.25, -0.2) is 0 Å². The predicted octanol–water partition coefficient (Wildman–Crippen LogP) is 1.53. The first-order valence-electron chi connectivity index (χ1n) is 6.22. The number of hydrogen-bond acceptors (Lipinski definition) is 3. The molecular weight excluding hydrogens is 200 g/mol. The van der Waals surface area contributed by atoms with Crippen molar-refractivity contribution < 1.29 is 4.74 Å². The molecular formula is C13H22N2O. The van der Waals surface area contributed by atoms with Crippen LogP contribution in [0, 0.1) is 0 Å². The maximum Gasteiger partial charge on any atom is 0.0920 e. The van der Waals surface area contributed by atoms with E-state index in [0.29, 0.717) is 6.10 Å². The van der Waals surface area contributed by atoms with E-state index >= 15 is 0 Å². The summed E-state index contributed by atoms with van der Waals surface area (Å²) in [6.45, 7) is 6.45. The van der Waals surface area contributed by atoms with Crippen LogP contribution in [0.2, 0.25) is 0 Å². The highest BCUT2D eigenvalue weighted by molar-refractivity contribution is 5.29. The molecule has 90 valence electrons. The van der Waals surface area contributed by atoms with E-state index < -0.39 is 0 Å². The minimum Gasteiger partial charge on any atom is -0.378 e. The van der Waals surface area contributed by atoms with Crippen LogP contribution in [0.25, 0.3) is 0 Å². The van der Waals surface area contributed by atoms with Crippen LogP contribution in [0.1, 0.15) is 19.8 Å². The van der Waals surface area contributed by atoms with Gasteiger partial charge in [0.25, 0.3) is 0 Å². The lowest BCUT2D eigenvalue weighted by Gasteiger charge is -2.41. The molecule has 3 heteroatoms. The van der Waals surface area contributed by atoms with Gasteiger partial charge >= 0.3 is 0 Å². The third-order valence-electron chi connectivity index (χ3n) is 3.34. The summed E-state index contributed by atoms with van der Waals surface area (Å²) in [7, 11) is 1.80. The maximum atomic E-state index is 5.33. The van der Waals surface area contributed by atoms with Crippen molar-refractivity contribution in [2.75, 3.05) is 33.3 Å². The lowest BCUT2D eigenvalue weighted by atomic mass is 10.1. The minimum atomic E-state index is 0.431. The van der Waals surface area contributed by atoms with Crippen LogP contribution < -0.4 is 5.32 Å².